The van der Waals surface area contributed by atoms with Gasteiger partial charge >= 0.3 is 184 Å². The third kappa shape index (κ3) is 5.71. The van der Waals surface area contributed by atoms with E-state index in [4.69, 9.17) is 0 Å². The molecule has 1 heterocycles. The first-order chi connectivity index (χ1) is 13.2. The van der Waals surface area contributed by atoms with Crippen LogP contribution < -0.4 is 3.58 Å². The Hall–Kier alpha value is 0.296. The average molecular weight is 512 g/mol. The summed E-state index contributed by atoms with van der Waals surface area (Å²) < 4.78 is 9.42. The predicted octanol–water partition coefficient (Wildman–Crippen LogP) is 8.57. The first-order valence-electron chi connectivity index (χ1n) is 12.4. The van der Waals surface area contributed by atoms with Crippen LogP contribution in [0.4, 0.5) is 0 Å². The summed E-state index contributed by atoms with van der Waals surface area (Å²) in [4.78, 5) is 0. The van der Waals surface area contributed by atoms with E-state index >= 15 is 0 Å². The molecular formula is C25H51NSiSn. The first kappa shape index (κ1) is 26.3. The molecule has 0 saturated carbocycles. The molecule has 0 spiro atoms. The van der Waals surface area contributed by atoms with Crippen molar-refractivity contribution in [2.45, 2.75) is 131 Å². The zero-order valence-electron chi connectivity index (χ0n) is 20.8. The van der Waals surface area contributed by atoms with Crippen molar-refractivity contribution in [1.82, 2.24) is 4.23 Å². The summed E-state index contributed by atoms with van der Waals surface area (Å²) in [6.45, 7) is 22.1. The van der Waals surface area contributed by atoms with E-state index in [1.54, 1.807) is 13.3 Å². The van der Waals surface area contributed by atoms with Gasteiger partial charge in [-0.3, -0.25) is 0 Å². The number of hydrogen-bond donors (Lipinski definition) is 0. The molecule has 0 aliphatic heterocycles. The van der Waals surface area contributed by atoms with Crippen LogP contribution in [0, 0.1) is 0 Å². The fourth-order valence-electron chi connectivity index (χ4n) is 6.20. The third-order valence-electron chi connectivity index (χ3n) is 7.55. The van der Waals surface area contributed by atoms with Crippen molar-refractivity contribution in [2.75, 3.05) is 0 Å². The molecule has 0 atom stereocenters. The number of unbranched alkanes of at least 4 members (excludes halogenated alkanes) is 3. The Morgan fingerprint density at radius 3 is 1.46 bits per heavy atom. The Kier molecular flexibility index (Phi) is 11.5. The molecule has 0 amide bonds. The molecule has 1 rings (SSSR count). The SMILES string of the molecule is CCC[CH2][Sn]([CH2]CCC)([CH2]CCC)[c]1ccn([Si](C(C)C)(C(C)C)C(C)C)c1. The maximum atomic E-state index is 2.82. The Labute approximate surface area is 183 Å². The Bertz CT molecular complexity index is 503. The fourth-order valence-corrected chi connectivity index (χ4v) is 28.9. The first-order valence-corrected chi connectivity index (χ1v) is 22.1. The molecular weight excluding hydrogens is 461 g/mol. The minimum atomic E-state index is -2.32. The van der Waals surface area contributed by atoms with Gasteiger partial charge in [0.25, 0.3) is 0 Å². The monoisotopic (exact) mass is 513 g/mol. The van der Waals surface area contributed by atoms with Crippen LogP contribution in [0.15, 0.2) is 18.5 Å². The van der Waals surface area contributed by atoms with Crippen molar-refractivity contribution in [3.8, 4) is 0 Å². The molecule has 0 aliphatic carbocycles. The van der Waals surface area contributed by atoms with E-state index in [0.29, 0.717) is 0 Å². The molecule has 0 unspecified atom stereocenters. The van der Waals surface area contributed by atoms with Crippen LogP contribution in [0.3, 0.4) is 0 Å². The molecule has 0 radical (unpaired) electrons. The fraction of sp³-hybridized carbons (Fsp3) is 0.840. The van der Waals surface area contributed by atoms with E-state index in [-0.39, 0.29) is 0 Å². The molecule has 1 aromatic heterocycles. The Morgan fingerprint density at radius 1 is 0.750 bits per heavy atom. The Morgan fingerprint density at radius 2 is 1.14 bits per heavy atom. The van der Waals surface area contributed by atoms with Gasteiger partial charge in [-0.1, -0.05) is 0 Å². The third-order valence-corrected chi connectivity index (χ3v) is 29.8. The van der Waals surface area contributed by atoms with E-state index in [2.05, 4.69) is 85.0 Å². The number of aromatic nitrogens is 1. The van der Waals surface area contributed by atoms with Crippen LogP contribution in [0.25, 0.3) is 0 Å². The van der Waals surface area contributed by atoms with E-state index < -0.39 is 26.6 Å². The quantitative estimate of drug-likeness (QED) is 0.220. The molecule has 1 aromatic rings. The molecule has 3 heteroatoms. The molecule has 0 fully saturated rings. The molecule has 164 valence electrons. The van der Waals surface area contributed by atoms with Crippen LogP contribution in [-0.2, 0) is 0 Å². The van der Waals surface area contributed by atoms with E-state index in [0.717, 1.165) is 16.6 Å². The van der Waals surface area contributed by atoms with Crippen LogP contribution in [0.2, 0.25) is 29.9 Å². The van der Waals surface area contributed by atoms with Crippen molar-refractivity contribution < 1.29 is 0 Å². The maximum absolute atomic E-state index is 2.82. The summed E-state index contributed by atoms with van der Waals surface area (Å²) in [5, 5.41) is 0. The van der Waals surface area contributed by atoms with Gasteiger partial charge in [-0.2, -0.15) is 0 Å². The molecule has 28 heavy (non-hydrogen) atoms. The van der Waals surface area contributed by atoms with Gasteiger partial charge in [-0.05, 0) is 0 Å². The molecule has 1 nitrogen and oxygen atoms in total. The van der Waals surface area contributed by atoms with Gasteiger partial charge in [0, 0.05) is 0 Å². The number of rotatable bonds is 14. The molecule has 0 aliphatic rings. The summed E-state index contributed by atoms with van der Waals surface area (Å²) in [6, 6.07) is 2.62. The van der Waals surface area contributed by atoms with Crippen molar-refractivity contribution >= 4 is 30.2 Å². The zero-order valence-corrected chi connectivity index (χ0v) is 24.6. The van der Waals surface area contributed by atoms with Crippen molar-refractivity contribution in [3.63, 3.8) is 0 Å². The average Bonchev–Trinajstić information content (AvgIpc) is 3.11. The van der Waals surface area contributed by atoms with Crippen LogP contribution >= 0.6 is 0 Å². The number of nitrogens with zero attached hydrogens (tertiary/aromatic N) is 1. The second-order valence-corrected chi connectivity index (χ2v) is 29.2. The van der Waals surface area contributed by atoms with E-state index in [1.165, 1.54) is 38.5 Å². The number of hydrogen-bond acceptors (Lipinski definition) is 0. The molecule has 0 N–H and O–H groups in total. The predicted molar refractivity (Wildman–Crippen MR) is 135 cm³/mol. The van der Waals surface area contributed by atoms with Crippen LogP contribution in [0.1, 0.15) is 101 Å². The second-order valence-electron chi connectivity index (χ2n) is 10.2. The summed E-state index contributed by atoms with van der Waals surface area (Å²) >= 11 is -2.32. The van der Waals surface area contributed by atoms with Gasteiger partial charge in [0.2, 0.25) is 0 Å². The van der Waals surface area contributed by atoms with E-state index in [9.17, 15) is 0 Å². The van der Waals surface area contributed by atoms with Crippen molar-refractivity contribution in [2.24, 2.45) is 0 Å². The van der Waals surface area contributed by atoms with Gasteiger partial charge in [0.15, 0.2) is 0 Å². The van der Waals surface area contributed by atoms with Crippen molar-refractivity contribution in [3.05, 3.63) is 18.5 Å². The molecule has 0 aromatic carbocycles. The summed E-state index contributed by atoms with van der Waals surface area (Å²) in [5.74, 6) is 0. The van der Waals surface area contributed by atoms with Crippen LogP contribution in [-0.4, -0.2) is 30.8 Å². The summed E-state index contributed by atoms with van der Waals surface area (Å²) in [7, 11) is -1.61. The molecule has 0 bridgehead atoms. The topological polar surface area (TPSA) is 4.93 Å². The Balaban J connectivity index is 3.46. The summed E-state index contributed by atoms with van der Waals surface area (Å²) in [5.41, 5.74) is 2.33. The van der Waals surface area contributed by atoms with Crippen LogP contribution in [0.5, 0.6) is 0 Å². The summed E-state index contributed by atoms with van der Waals surface area (Å²) in [6.07, 6.45) is 13.7. The standard InChI is InChI=1S/C13H24NSi.3C4H9.Sn/c1-11(2)15(12(3)4,13(5)6)14-9-7-8-10-14;3*1-3-4-2;/h7,9-13H,1-6H3;3*1,3-4H2,2H3;. The van der Waals surface area contributed by atoms with Gasteiger partial charge < -0.3 is 0 Å². The van der Waals surface area contributed by atoms with Crippen molar-refractivity contribution in [1.29, 1.82) is 0 Å². The minimum absolute atomic E-state index is 0.777. The second kappa shape index (κ2) is 12.2. The normalized spacial score (nSPS) is 13.3. The zero-order chi connectivity index (χ0) is 21.4. The van der Waals surface area contributed by atoms with Gasteiger partial charge in [0.1, 0.15) is 0 Å². The van der Waals surface area contributed by atoms with Gasteiger partial charge in [-0.15, -0.1) is 0 Å². The van der Waals surface area contributed by atoms with Gasteiger partial charge in [-0.25, -0.2) is 0 Å². The molecule has 0 saturated heterocycles. The van der Waals surface area contributed by atoms with E-state index in [1.807, 2.05) is 3.58 Å². The van der Waals surface area contributed by atoms with Gasteiger partial charge in [0.05, 0.1) is 0 Å².